The lowest BCUT2D eigenvalue weighted by Gasteiger charge is -2.08. The number of nitrogen functional groups attached to an aromatic ring is 1. The molecule has 1 heterocycles. The highest BCUT2D eigenvalue weighted by Crippen LogP contribution is 2.26. The second-order valence-corrected chi connectivity index (χ2v) is 4.22. The van der Waals surface area contributed by atoms with Crippen LogP contribution in [-0.2, 0) is 0 Å². The van der Waals surface area contributed by atoms with Crippen molar-refractivity contribution in [3.8, 4) is 11.3 Å². The van der Waals surface area contributed by atoms with Gasteiger partial charge in [0, 0.05) is 10.6 Å². The zero-order chi connectivity index (χ0) is 12.6. The van der Waals surface area contributed by atoms with Crippen molar-refractivity contribution in [2.45, 2.75) is 13.8 Å². The van der Waals surface area contributed by atoms with Crippen LogP contribution in [0.4, 0.5) is 10.2 Å². The van der Waals surface area contributed by atoms with Gasteiger partial charge in [-0.25, -0.2) is 14.4 Å². The van der Waals surface area contributed by atoms with Crippen LogP contribution >= 0.6 is 11.6 Å². The standard InChI is InChI=1S/C12H11ClFN3/c1-6-7(2)17-12(15)11(16-6)8-3-9(13)5-10(14)4-8/h3-5H,1-2H3,(H2,15,17). The Morgan fingerprint density at radius 2 is 1.76 bits per heavy atom. The number of nitrogens with zero attached hydrogens (tertiary/aromatic N) is 2. The van der Waals surface area contributed by atoms with E-state index in [-0.39, 0.29) is 5.82 Å². The lowest BCUT2D eigenvalue weighted by molar-refractivity contribution is 0.628. The van der Waals surface area contributed by atoms with E-state index in [1.165, 1.54) is 12.1 Å². The van der Waals surface area contributed by atoms with Gasteiger partial charge in [-0.1, -0.05) is 11.6 Å². The number of hydrogen-bond donors (Lipinski definition) is 1. The fraction of sp³-hybridized carbons (Fsp3) is 0.167. The first-order valence-electron chi connectivity index (χ1n) is 5.04. The summed E-state index contributed by atoms with van der Waals surface area (Å²) in [5.74, 6) is -0.151. The average molecular weight is 252 g/mol. The molecule has 3 nitrogen and oxygen atoms in total. The molecule has 0 saturated heterocycles. The molecule has 0 bridgehead atoms. The number of anilines is 1. The maximum absolute atomic E-state index is 13.3. The molecule has 0 spiro atoms. The molecule has 0 atom stereocenters. The smallest absolute Gasteiger partial charge is 0.150 e. The van der Waals surface area contributed by atoms with Gasteiger partial charge in [-0.3, -0.25) is 0 Å². The molecule has 2 rings (SSSR count). The normalized spacial score (nSPS) is 10.6. The lowest BCUT2D eigenvalue weighted by atomic mass is 10.1. The van der Waals surface area contributed by atoms with Crippen molar-refractivity contribution in [3.05, 3.63) is 40.4 Å². The third-order valence-electron chi connectivity index (χ3n) is 2.47. The Balaban J connectivity index is 2.64. The molecular formula is C12H11ClFN3. The second kappa shape index (κ2) is 4.30. The molecule has 0 fully saturated rings. The molecule has 1 aromatic heterocycles. The third kappa shape index (κ3) is 2.36. The summed E-state index contributed by atoms with van der Waals surface area (Å²) in [5.41, 5.74) is 8.28. The highest BCUT2D eigenvalue weighted by molar-refractivity contribution is 6.30. The van der Waals surface area contributed by atoms with E-state index in [2.05, 4.69) is 9.97 Å². The molecule has 88 valence electrons. The highest BCUT2D eigenvalue weighted by atomic mass is 35.5. The first kappa shape index (κ1) is 11.8. The van der Waals surface area contributed by atoms with Crippen LogP contribution in [0, 0.1) is 19.7 Å². The Hall–Kier alpha value is -1.68. The van der Waals surface area contributed by atoms with E-state index in [9.17, 15) is 4.39 Å². The van der Waals surface area contributed by atoms with Gasteiger partial charge in [0.15, 0.2) is 0 Å². The average Bonchev–Trinajstić information content (AvgIpc) is 2.22. The minimum Gasteiger partial charge on any atom is -0.382 e. The molecular weight excluding hydrogens is 241 g/mol. The Morgan fingerprint density at radius 3 is 2.41 bits per heavy atom. The van der Waals surface area contributed by atoms with Gasteiger partial charge < -0.3 is 5.73 Å². The predicted molar refractivity (Wildman–Crippen MR) is 66.3 cm³/mol. The van der Waals surface area contributed by atoms with Crippen LogP contribution in [0.5, 0.6) is 0 Å². The zero-order valence-corrected chi connectivity index (χ0v) is 10.2. The molecule has 0 saturated carbocycles. The number of halogens is 2. The predicted octanol–water partition coefficient (Wildman–Crippen LogP) is 3.14. The first-order valence-corrected chi connectivity index (χ1v) is 5.42. The van der Waals surface area contributed by atoms with E-state index in [0.717, 1.165) is 11.4 Å². The first-order chi connectivity index (χ1) is 7.97. The summed E-state index contributed by atoms with van der Waals surface area (Å²) < 4.78 is 13.3. The maximum atomic E-state index is 13.3. The van der Waals surface area contributed by atoms with Gasteiger partial charge in [0.2, 0.25) is 0 Å². The Kier molecular flexibility index (Phi) is 2.98. The van der Waals surface area contributed by atoms with Gasteiger partial charge in [-0.05, 0) is 32.0 Å². The van der Waals surface area contributed by atoms with Gasteiger partial charge in [-0.2, -0.15) is 0 Å². The van der Waals surface area contributed by atoms with Crippen LogP contribution in [0.25, 0.3) is 11.3 Å². The van der Waals surface area contributed by atoms with E-state index < -0.39 is 5.82 Å². The van der Waals surface area contributed by atoms with Crippen molar-refractivity contribution >= 4 is 17.4 Å². The summed E-state index contributed by atoms with van der Waals surface area (Å²) in [6.07, 6.45) is 0. The van der Waals surface area contributed by atoms with E-state index in [1.807, 2.05) is 13.8 Å². The van der Waals surface area contributed by atoms with E-state index in [1.54, 1.807) is 6.07 Å². The molecule has 1 aromatic carbocycles. The van der Waals surface area contributed by atoms with Crippen LogP contribution in [0.1, 0.15) is 11.4 Å². The summed E-state index contributed by atoms with van der Waals surface area (Å²) in [6.45, 7) is 3.65. The number of nitrogens with two attached hydrogens (primary N) is 1. The second-order valence-electron chi connectivity index (χ2n) is 3.79. The number of aryl methyl sites for hydroxylation is 2. The molecule has 2 aromatic rings. The van der Waals surface area contributed by atoms with Crippen molar-refractivity contribution in [1.29, 1.82) is 0 Å². The molecule has 0 aliphatic rings. The van der Waals surface area contributed by atoms with Crippen molar-refractivity contribution in [2.75, 3.05) is 5.73 Å². The molecule has 0 radical (unpaired) electrons. The summed E-state index contributed by atoms with van der Waals surface area (Å²) in [6, 6.07) is 4.18. The topological polar surface area (TPSA) is 51.8 Å². The number of aromatic nitrogens is 2. The van der Waals surface area contributed by atoms with Crippen LogP contribution < -0.4 is 5.73 Å². The van der Waals surface area contributed by atoms with E-state index in [4.69, 9.17) is 17.3 Å². The van der Waals surface area contributed by atoms with Crippen LogP contribution in [0.3, 0.4) is 0 Å². The number of rotatable bonds is 1. The van der Waals surface area contributed by atoms with Crippen LogP contribution in [0.2, 0.25) is 5.02 Å². The molecule has 5 heteroatoms. The SMILES string of the molecule is Cc1nc(N)c(-c2cc(F)cc(Cl)c2)nc1C. The number of benzene rings is 1. The van der Waals surface area contributed by atoms with Crippen molar-refractivity contribution in [1.82, 2.24) is 9.97 Å². The van der Waals surface area contributed by atoms with Crippen molar-refractivity contribution < 1.29 is 4.39 Å². The van der Waals surface area contributed by atoms with Gasteiger partial charge in [0.1, 0.15) is 17.3 Å². The Labute approximate surface area is 103 Å². The quantitative estimate of drug-likeness (QED) is 0.847. The summed E-state index contributed by atoms with van der Waals surface area (Å²) in [5, 5.41) is 0.305. The van der Waals surface area contributed by atoms with Gasteiger partial charge in [0.25, 0.3) is 0 Å². The van der Waals surface area contributed by atoms with Crippen molar-refractivity contribution in [3.63, 3.8) is 0 Å². The fourth-order valence-electron chi connectivity index (χ4n) is 1.52. The molecule has 0 amide bonds. The zero-order valence-electron chi connectivity index (χ0n) is 9.46. The van der Waals surface area contributed by atoms with Crippen LogP contribution in [0.15, 0.2) is 18.2 Å². The molecule has 0 unspecified atom stereocenters. The largest absolute Gasteiger partial charge is 0.382 e. The Bertz CT molecular complexity index is 564. The maximum Gasteiger partial charge on any atom is 0.150 e. The third-order valence-corrected chi connectivity index (χ3v) is 2.69. The monoisotopic (exact) mass is 251 g/mol. The van der Waals surface area contributed by atoms with E-state index >= 15 is 0 Å². The minimum absolute atomic E-state index is 0.273. The number of hydrogen-bond acceptors (Lipinski definition) is 3. The van der Waals surface area contributed by atoms with E-state index in [0.29, 0.717) is 16.3 Å². The van der Waals surface area contributed by atoms with Gasteiger partial charge in [-0.15, -0.1) is 0 Å². The molecule has 2 N–H and O–H groups in total. The lowest BCUT2D eigenvalue weighted by Crippen LogP contribution is -2.02. The van der Waals surface area contributed by atoms with Crippen molar-refractivity contribution in [2.24, 2.45) is 0 Å². The molecule has 0 aliphatic heterocycles. The Morgan fingerprint density at radius 1 is 1.12 bits per heavy atom. The fourth-order valence-corrected chi connectivity index (χ4v) is 1.75. The highest BCUT2D eigenvalue weighted by Gasteiger charge is 2.10. The molecule has 17 heavy (non-hydrogen) atoms. The molecule has 0 aliphatic carbocycles. The summed E-state index contributed by atoms with van der Waals surface area (Å²) in [7, 11) is 0. The van der Waals surface area contributed by atoms with Gasteiger partial charge in [0.05, 0.1) is 11.4 Å². The van der Waals surface area contributed by atoms with Crippen LogP contribution in [-0.4, -0.2) is 9.97 Å². The minimum atomic E-state index is -0.424. The van der Waals surface area contributed by atoms with Gasteiger partial charge >= 0.3 is 0 Å². The summed E-state index contributed by atoms with van der Waals surface area (Å²) >= 11 is 5.79. The summed E-state index contributed by atoms with van der Waals surface area (Å²) in [4.78, 5) is 8.47.